The maximum atomic E-state index is 11.2. The van der Waals surface area contributed by atoms with Gasteiger partial charge < -0.3 is 10.4 Å². The van der Waals surface area contributed by atoms with Crippen molar-refractivity contribution in [3.05, 3.63) is 42.5 Å². The Bertz CT molecular complexity index is 600. The predicted octanol–water partition coefficient (Wildman–Crippen LogP) is 3.77. The Labute approximate surface area is 129 Å². The van der Waals surface area contributed by atoms with E-state index in [-0.39, 0.29) is 0 Å². The van der Waals surface area contributed by atoms with Gasteiger partial charge in [-0.3, -0.25) is 4.79 Å². The first kappa shape index (κ1) is 15.9. The fraction of sp³-hybridized carbons (Fsp3) is 0.353. The number of fused-ring (bicyclic) bond motifs is 1. The van der Waals surface area contributed by atoms with Crippen LogP contribution in [-0.4, -0.2) is 29.4 Å². The van der Waals surface area contributed by atoms with Gasteiger partial charge in [-0.25, -0.2) is 0 Å². The normalized spacial score (nSPS) is 12.4. The van der Waals surface area contributed by atoms with Gasteiger partial charge in [0.15, 0.2) is 0 Å². The second-order valence-corrected chi connectivity index (χ2v) is 6.16. The van der Waals surface area contributed by atoms with Crippen LogP contribution in [0.5, 0.6) is 0 Å². The molecule has 2 aromatic carbocycles. The molecule has 0 bridgehead atoms. The lowest BCUT2D eigenvalue weighted by Crippen LogP contribution is -2.37. The summed E-state index contributed by atoms with van der Waals surface area (Å²) in [4.78, 5) is 12.3. The van der Waals surface area contributed by atoms with Crippen molar-refractivity contribution in [3.8, 4) is 0 Å². The summed E-state index contributed by atoms with van der Waals surface area (Å²) in [5, 5.41) is 14.7. The fourth-order valence-corrected chi connectivity index (χ4v) is 3.15. The molecular weight excluding hydrogens is 282 g/mol. The summed E-state index contributed by atoms with van der Waals surface area (Å²) in [5.41, 5.74) is 0. The Kier molecular flexibility index (Phi) is 6.08. The third kappa shape index (κ3) is 4.76. The molecule has 0 fully saturated rings. The average Bonchev–Trinajstić information content (AvgIpc) is 2.50. The molecule has 3 nitrogen and oxygen atoms in total. The van der Waals surface area contributed by atoms with Crippen LogP contribution in [0.2, 0.25) is 0 Å². The van der Waals surface area contributed by atoms with Gasteiger partial charge >= 0.3 is 5.97 Å². The van der Waals surface area contributed by atoms with Gasteiger partial charge in [0.2, 0.25) is 0 Å². The zero-order valence-corrected chi connectivity index (χ0v) is 13.0. The number of rotatable bonds is 8. The highest BCUT2D eigenvalue weighted by molar-refractivity contribution is 7.99. The van der Waals surface area contributed by atoms with E-state index < -0.39 is 12.0 Å². The van der Waals surface area contributed by atoms with Gasteiger partial charge in [-0.05, 0) is 42.3 Å². The molecule has 0 radical (unpaired) electrons. The number of carboxylic acids is 1. The van der Waals surface area contributed by atoms with E-state index in [0.717, 1.165) is 18.7 Å². The molecule has 0 aliphatic rings. The van der Waals surface area contributed by atoms with Crippen LogP contribution in [0.15, 0.2) is 47.4 Å². The number of hydrogen-bond donors (Lipinski definition) is 2. The number of nitrogens with one attached hydrogen (secondary N) is 1. The molecule has 0 spiro atoms. The Hall–Kier alpha value is -1.52. The maximum absolute atomic E-state index is 11.2. The van der Waals surface area contributed by atoms with Crippen molar-refractivity contribution in [1.29, 1.82) is 0 Å². The van der Waals surface area contributed by atoms with E-state index in [0.29, 0.717) is 6.42 Å². The lowest BCUT2D eigenvalue weighted by Gasteiger charge is -2.13. The van der Waals surface area contributed by atoms with Crippen molar-refractivity contribution >= 4 is 28.5 Å². The highest BCUT2D eigenvalue weighted by Gasteiger charge is 2.15. The molecule has 2 N–H and O–H groups in total. The first-order chi connectivity index (χ1) is 10.2. The van der Waals surface area contributed by atoms with E-state index in [1.807, 2.05) is 19.1 Å². The molecule has 1 unspecified atom stereocenters. The first-order valence-electron chi connectivity index (χ1n) is 7.28. The summed E-state index contributed by atoms with van der Waals surface area (Å²) in [6.07, 6.45) is 1.58. The molecule has 0 saturated carbocycles. The van der Waals surface area contributed by atoms with Gasteiger partial charge in [0.05, 0.1) is 0 Å². The molecular formula is C17H21NO2S. The minimum atomic E-state index is -0.762. The van der Waals surface area contributed by atoms with Crippen LogP contribution < -0.4 is 5.32 Å². The third-order valence-corrected chi connectivity index (χ3v) is 4.36. The van der Waals surface area contributed by atoms with Crippen molar-refractivity contribution in [2.24, 2.45) is 0 Å². The monoisotopic (exact) mass is 303 g/mol. The second-order valence-electron chi connectivity index (χ2n) is 4.99. The standard InChI is InChI=1S/C17H21NO2S/c1-2-10-18-16(17(19)20)9-11-21-15-8-7-13-5-3-4-6-14(13)12-15/h3-8,12,16,18H,2,9-11H2,1H3,(H,19,20). The molecule has 112 valence electrons. The Morgan fingerprint density at radius 2 is 2.00 bits per heavy atom. The summed E-state index contributed by atoms with van der Waals surface area (Å²) in [5.74, 6) is 0.0361. The number of hydrogen-bond acceptors (Lipinski definition) is 3. The van der Waals surface area contributed by atoms with Crippen LogP contribution in [0.25, 0.3) is 10.8 Å². The topological polar surface area (TPSA) is 49.3 Å². The number of carbonyl (C=O) groups is 1. The fourth-order valence-electron chi connectivity index (χ4n) is 2.18. The van der Waals surface area contributed by atoms with E-state index in [1.54, 1.807) is 11.8 Å². The van der Waals surface area contributed by atoms with E-state index in [2.05, 4.69) is 35.6 Å². The first-order valence-corrected chi connectivity index (χ1v) is 8.27. The molecule has 2 aromatic rings. The maximum Gasteiger partial charge on any atom is 0.320 e. The Morgan fingerprint density at radius 3 is 2.71 bits per heavy atom. The zero-order chi connectivity index (χ0) is 15.1. The number of thioether (sulfide) groups is 1. The average molecular weight is 303 g/mol. The summed E-state index contributed by atoms with van der Waals surface area (Å²) in [6.45, 7) is 2.79. The molecule has 2 rings (SSSR count). The van der Waals surface area contributed by atoms with Crippen molar-refractivity contribution in [2.75, 3.05) is 12.3 Å². The van der Waals surface area contributed by atoms with Crippen LogP contribution >= 0.6 is 11.8 Å². The van der Waals surface area contributed by atoms with Crippen LogP contribution in [0.1, 0.15) is 19.8 Å². The molecule has 0 aromatic heterocycles. The smallest absolute Gasteiger partial charge is 0.320 e. The van der Waals surface area contributed by atoms with Gasteiger partial charge in [0.1, 0.15) is 6.04 Å². The Morgan fingerprint density at radius 1 is 1.24 bits per heavy atom. The summed E-state index contributed by atoms with van der Waals surface area (Å²) >= 11 is 1.71. The van der Waals surface area contributed by atoms with Crippen LogP contribution in [0, 0.1) is 0 Å². The summed E-state index contributed by atoms with van der Waals surface area (Å²) < 4.78 is 0. The van der Waals surface area contributed by atoms with Gasteiger partial charge in [-0.2, -0.15) is 0 Å². The molecule has 21 heavy (non-hydrogen) atoms. The van der Waals surface area contributed by atoms with Crippen molar-refractivity contribution in [1.82, 2.24) is 5.32 Å². The highest BCUT2D eigenvalue weighted by Crippen LogP contribution is 2.24. The van der Waals surface area contributed by atoms with Crippen LogP contribution in [0.4, 0.5) is 0 Å². The van der Waals surface area contributed by atoms with E-state index in [1.165, 1.54) is 15.7 Å². The molecule has 1 atom stereocenters. The minimum absolute atomic E-state index is 0.446. The molecule has 0 amide bonds. The zero-order valence-electron chi connectivity index (χ0n) is 12.2. The van der Waals surface area contributed by atoms with Gasteiger partial charge in [-0.15, -0.1) is 11.8 Å². The second kappa shape index (κ2) is 8.05. The van der Waals surface area contributed by atoms with E-state index in [4.69, 9.17) is 5.11 Å². The summed E-state index contributed by atoms with van der Waals surface area (Å²) in [7, 11) is 0. The molecule has 0 heterocycles. The van der Waals surface area contributed by atoms with Crippen LogP contribution in [-0.2, 0) is 4.79 Å². The molecule has 0 aliphatic carbocycles. The van der Waals surface area contributed by atoms with Gasteiger partial charge in [0, 0.05) is 10.6 Å². The third-order valence-electron chi connectivity index (χ3n) is 3.34. The van der Waals surface area contributed by atoms with Crippen LogP contribution in [0.3, 0.4) is 0 Å². The SMILES string of the molecule is CCCNC(CCSc1ccc2ccccc2c1)C(=O)O. The predicted molar refractivity (Wildman–Crippen MR) is 89.0 cm³/mol. The number of carboxylic acid groups (broad SMARTS) is 1. The quantitative estimate of drug-likeness (QED) is 0.729. The highest BCUT2D eigenvalue weighted by atomic mass is 32.2. The Balaban J connectivity index is 1.90. The minimum Gasteiger partial charge on any atom is -0.480 e. The summed E-state index contributed by atoms with van der Waals surface area (Å²) in [6, 6.07) is 14.2. The molecule has 0 aliphatic heterocycles. The van der Waals surface area contributed by atoms with E-state index >= 15 is 0 Å². The number of aliphatic carboxylic acids is 1. The molecule has 4 heteroatoms. The number of benzene rings is 2. The van der Waals surface area contributed by atoms with Crippen molar-refractivity contribution in [3.63, 3.8) is 0 Å². The van der Waals surface area contributed by atoms with Gasteiger partial charge in [0.25, 0.3) is 0 Å². The largest absolute Gasteiger partial charge is 0.480 e. The van der Waals surface area contributed by atoms with Gasteiger partial charge in [-0.1, -0.05) is 37.3 Å². The van der Waals surface area contributed by atoms with Crippen molar-refractivity contribution in [2.45, 2.75) is 30.7 Å². The lowest BCUT2D eigenvalue weighted by atomic mass is 10.1. The van der Waals surface area contributed by atoms with Crippen molar-refractivity contribution < 1.29 is 9.90 Å². The molecule has 0 saturated heterocycles. The van der Waals surface area contributed by atoms with E-state index in [9.17, 15) is 4.79 Å². The lowest BCUT2D eigenvalue weighted by molar-refractivity contribution is -0.139.